The van der Waals surface area contributed by atoms with E-state index in [4.69, 9.17) is 10.00 Å². The van der Waals surface area contributed by atoms with Crippen molar-refractivity contribution in [2.45, 2.75) is 0 Å². The molecule has 0 amide bonds. The van der Waals surface area contributed by atoms with Gasteiger partial charge < -0.3 is 17.7 Å². The van der Waals surface area contributed by atoms with Gasteiger partial charge in [-0.2, -0.15) is 5.26 Å². The molecule has 0 aliphatic heterocycles. The molecule has 0 fully saturated rings. The van der Waals surface area contributed by atoms with E-state index in [1.807, 2.05) is 0 Å². The van der Waals surface area contributed by atoms with Crippen LogP contribution in [-0.4, -0.2) is 14.1 Å². The molecule has 0 aliphatic carbocycles. The Balaban J connectivity index is 0.00000196. The Labute approximate surface area is 128 Å². The minimum absolute atomic E-state index is 0. The van der Waals surface area contributed by atoms with E-state index in [2.05, 4.69) is 0 Å². The van der Waals surface area contributed by atoms with E-state index in [0.717, 1.165) is 18.2 Å². The average Bonchev–Trinajstić information content (AvgIpc) is 2.15. The quantitative estimate of drug-likeness (QED) is 0.596. The Morgan fingerprint density at radius 3 is 2.33 bits per heavy atom. The molecule has 0 atom stereocenters. The first-order valence-electron chi connectivity index (χ1n) is 3.77. The van der Waals surface area contributed by atoms with Gasteiger partial charge in [0.05, 0.1) is 12.7 Å². The van der Waals surface area contributed by atoms with E-state index < -0.39 is 12.4 Å². The van der Waals surface area contributed by atoms with Gasteiger partial charge >= 0.3 is 58.4 Å². The van der Waals surface area contributed by atoms with Crippen molar-refractivity contribution in [1.29, 1.82) is 5.26 Å². The normalized spacial score (nSPS) is 10.1. The number of ether oxygens (including phenoxy) is 1. The number of benzene rings is 1. The topological polar surface area (TPSA) is 33.0 Å². The Morgan fingerprint density at radius 1 is 1.33 bits per heavy atom. The summed E-state index contributed by atoms with van der Waals surface area (Å²) in [5.74, 6) is 0.149. The summed E-state index contributed by atoms with van der Waals surface area (Å²) in [4.78, 5) is 0. The molecule has 0 heterocycles. The molecule has 2 nitrogen and oxygen atoms in total. The molecule has 0 saturated heterocycles. The summed E-state index contributed by atoms with van der Waals surface area (Å²) >= 11 is 0. The van der Waals surface area contributed by atoms with Crippen molar-refractivity contribution in [3.63, 3.8) is 0 Å². The van der Waals surface area contributed by atoms with Crippen LogP contribution in [-0.2, 0) is 0 Å². The SMILES string of the molecule is COc1ccc([B-](F)(F)F)cc1C#N.[K+]. The summed E-state index contributed by atoms with van der Waals surface area (Å²) in [6.07, 6.45) is 0. The van der Waals surface area contributed by atoms with Crippen molar-refractivity contribution in [3.05, 3.63) is 23.8 Å². The molecule has 15 heavy (non-hydrogen) atoms. The van der Waals surface area contributed by atoms with Crippen LogP contribution in [0.1, 0.15) is 5.56 Å². The van der Waals surface area contributed by atoms with Crippen LogP contribution in [0.3, 0.4) is 0 Å². The molecule has 1 rings (SSSR count). The van der Waals surface area contributed by atoms with Crippen molar-refractivity contribution in [3.8, 4) is 11.8 Å². The van der Waals surface area contributed by atoms with Crippen molar-refractivity contribution >= 4 is 12.4 Å². The summed E-state index contributed by atoms with van der Waals surface area (Å²) in [7, 11) is 1.30. The molecule has 0 saturated carbocycles. The molecule has 0 aromatic heterocycles. The van der Waals surface area contributed by atoms with E-state index in [9.17, 15) is 12.9 Å². The maximum absolute atomic E-state index is 12.3. The summed E-state index contributed by atoms with van der Waals surface area (Å²) in [6, 6.07) is 4.48. The smallest absolute Gasteiger partial charge is 0.495 e. The molecule has 0 radical (unpaired) electrons. The standard InChI is InChI=1S/C8H6BF3NO.K/c1-14-8-3-2-7(9(10,11)12)4-6(8)5-13;/h2-4H,1H3;/q-1;+1. The fourth-order valence-corrected chi connectivity index (χ4v) is 1.02. The van der Waals surface area contributed by atoms with Gasteiger partial charge in [-0.1, -0.05) is 12.1 Å². The molecule has 1 aromatic rings. The predicted octanol–water partition coefficient (Wildman–Crippen LogP) is -1.37. The van der Waals surface area contributed by atoms with Crippen LogP contribution in [0.4, 0.5) is 12.9 Å². The van der Waals surface area contributed by atoms with Crippen LogP contribution in [0.2, 0.25) is 0 Å². The first kappa shape index (κ1) is 15.0. The van der Waals surface area contributed by atoms with Crippen LogP contribution in [0.5, 0.6) is 5.75 Å². The summed E-state index contributed by atoms with van der Waals surface area (Å²) in [5, 5.41) is 8.55. The number of nitriles is 1. The molecular formula is C8H6BF3KNO. The van der Waals surface area contributed by atoms with Gasteiger partial charge in [-0.05, 0) is 6.07 Å². The molecule has 0 aliphatic rings. The van der Waals surface area contributed by atoms with Gasteiger partial charge in [0, 0.05) is 0 Å². The van der Waals surface area contributed by atoms with Gasteiger partial charge in [-0.25, -0.2) is 0 Å². The zero-order valence-electron chi connectivity index (χ0n) is 8.30. The van der Waals surface area contributed by atoms with E-state index in [-0.39, 0.29) is 62.7 Å². The van der Waals surface area contributed by atoms with Gasteiger partial charge in [-0.3, -0.25) is 0 Å². The fraction of sp³-hybridized carbons (Fsp3) is 0.125. The Morgan fingerprint density at radius 2 is 1.93 bits per heavy atom. The second-order valence-corrected chi connectivity index (χ2v) is 2.65. The molecule has 0 N–H and O–H groups in total. The number of nitrogens with zero attached hydrogens (tertiary/aromatic N) is 1. The van der Waals surface area contributed by atoms with Crippen molar-refractivity contribution in [1.82, 2.24) is 0 Å². The first-order chi connectivity index (χ1) is 6.49. The fourth-order valence-electron chi connectivity index (χ4n) is 1.02. The van der Waals surface area contributed by atoms with Crippen LogP contribution in [0.15, 0.2) is 18.2 Å². The summed E-state index contributed by atoms with van der Waals surface area (Å²) < 4.78 is 41.5. The zero-order chi connectivity index (χ0) is 10.8. The van der Waals surface area contributed by atoms with E-state index in [1.54, 1.807) is 6.07 Å². The van der Waals surface area contributed by atoms with Crippen LogP contribution in [0.25, 0.3) is 0 Å². The summed E-state index contributed by atoms with van der Waals surface area (Å²) in [6.45, 7) is -5.06. The molecule has 0 spiro atoms. The van der Waals surface area contributed by atoms with Crippen LogP contribution in [0, 0.1) is 11.3 Å². The minimum Gasteiger partial charge on any atom is -0.495 e. The molecular weight excluding hydrogens is 233 g/mol. The first-order valence-corrected chi connectivity index (χ1v) is 3.77. The number of halogens is 3. The Bertz CT molecular complexity index is 388. The summed E-state index contributed by atoms with van der Waals surface area (Å²) in [5.41, 5.74) is -0.897. The second kappa shape index (κ2) is 5.92. The molecule has 7 heteroatoms. The zero-order valence-corrected chi connectivity index (χ0v) is 11.4. The van der Waals surface area contributed by atoms with Crippen molar-refractivity contribution in [2.24, 2.45) is 0 Å². The molecule has 1 aromatic carbocycles. The third-order valence-electron chi connectivity index (χ3n) is 1.72. The van der Waals surface area contributed by atoms with Gasteiger partial charge in [-0.15, -0.1) is 5.46 Å². The van der Waals surface area contributed by atoms with E-state index >= 15 is 0 Å². The van der Waals surface area contributed by atoms with Gasteiger partial charge in [0.25, 0.3) is 0 Å². The second-order valence-electron chi connectivity index (χ2n) is 2.65. The number of hydrogen-bond donors (Lipinski definition) is 0. The van der Waals surface area contributed by atoms with Gasteiger partial charge in [0.15, 0.2) is 0 Å². The maximum atomic E-state index is 12.3. The maximum Gasteiger partial charge on any atom is 1.00 e. The number of hydrogen-bond acceptors (Lipinski definition) is 2. The number of methoxy groups -OCH3 is 1. The Kier molecular flexibility index (Phi) is 5.92. The van der Waals surface area contributed by atoms with Gasteiger partial charge in [0.1, 0.15) is 11.8 Å². The third kappa shape index (κ3) is 3.81. The van der Waals surface area contributed by atoms with Gasteiger partial charge in [0.2, 0.25) is 0 Å². The predicted molar refractivity (Wildman–Crippen MR) is 46.4 cm³/mol. The largest absolute Gasteiger partial charge is 1.00 e. The monoisotopic (exact) mass is 239 g/mol. The van der Waals surface area contributed by atoms with E-state index in [1.165, 1.54) is 7.11 Å². The third-order valence-corrected chi connectivity index (χ3v) is 1.72. The van der Waals surface area contributed by atoms with Crippen LogP contribution >= 0.6 is 0 Å². The minimum atomic E-state index is -5.06. The number of rotatable bonds is 2. The Hall–Kier alpha value is 0.00130. The van der Waals surface area contributed by atoms with Crippen molar-refractivity contribution < 1.29 is 69.1 Å². The van der Waals surface area contributed by atoms with E-state index in [0.29, 0.717) is 0 Å². The molecule has 0 bridgehead atoms. The van der Waals surface area contributed by atoms with Crippen LogP contribution < -0.4 is 61.6 Å². The molecule has 0 unspecified atom stereocenters. The molecule has 74 valence electrons. The van der Waals surface area contributed by atoms with Crippen molar-refractivity contribution in [2.75, 3.05) is 7.11 Å². The average molecular weight is 239 g/mol.